The molecule has 0 aromatic carbocycles. The molecule has 0 spiro atoms. The normalized spacial score (nSPS) is 35.7. The van der Waals surface area contributed by atoms with Crippen LogP contribution in [0.2, 0.25) is 0 Å². The molecule has 7 heteroatoms. The minimum Gasteiger partial charge on any atom is -0.467 e. The van der Waals surface area contributed by atoms with Crippen molar-refractivity contribution in [2.75, 3.05) is 6.61 Å². The molecule has 2 aliphatic rings. The summed E-state index contributed by atoms with van der Waals surface area (Å²) in [7, 11) is 0. The third kappa shape index (κ3) is 1.74. The van der Waals surface area contributed by atoms with Gasteiger partial charge < -0.3 is 23.7 Å². The second kappa shape index (κ2) is 4.60. The van der Waals surface area contributed by atoms with Gasteiger partial charge in [-0.15, -0.1) is 0 Å². The second-order valence-corrected chi connectivity index (χ2v) is 4.74. The van der Waals surface area contributed by atoms with E-state index in [4.69, 9.17) is 18.6 Å². The average Bonchev–Trinajstić information content (AvgIpc) is 3.09. The van der Waals surface area contributed by atoms with Crippen molar-refractivity contribution < 1.29 is 33.3 Å². The summed E-state index contributed by atoms with van der Waals surface area (Å²) in [6, 6.07) is 3.42. The van der Waals surface area contributed by atoms with Gasteiger partial charge in [0, 0.05) is 0 Å². The molecular formula is C13H14O7. The molecule has 0 amide bonds. The van der Waals surface area contributed by atoms with Gasteiger partial charge in [-0.2, -0.15) is 0 Å². The van der Waals surface area contributed by atoms with Crippen LogP contribution in [0.15, 0.2) is 22.8 Å². The highest BCUT2D eigenvalue weighted by Gasteiger charge is 2.66. The Hall–Kier alpha value is -1.86. The lowest BCUT2D eigenvalue weighted by atomic mass is 9.86. The number of carbonyl (C=O) groups excluding carboxylic acids is 2. The van der Waals surface area contributed by atoms with Crippen LogP contribution in [0.1, 0.15) is 25.2 Å². The van der Waals surface area contributed by atoms with Gasteiger partial charge in [-0.1, -0.05) is 0 Å². The smallest absolute Gasteiger partial charge is 0.352 e. The molecule has 3 heterocycles. The van der Waals surface area contributed by atoms with E-state index in [2.05, 4.69) is 0 Å². The maximum absolute atomic E-state index is 11.9. The number of hydrogen-bond donors (Lipinski definition) is 1. The molecule has 0 aliphatic carbocycles. The summed E-state index contributed by atoms with van der Waals surface area (Å²) in [5.74, 6) is -2.27. The number of rotatable bonds is 3. The van der Waals surface area contributed by atoms with E-state index in [0.717, 1.165) is 0 Å². The van der Waals surface area contributed by atoms with E-state index in [1.807, 2.05) is 0 Å². The van der Waals surface area contributed by atoms with E-state index < -0.39 is 35.9 Å². The van der Waals surface area contributed by atoms with Crippen LogP contribution >= 0.6 is 0 Å². The van der Waals surface area contributed by atoms with Gasteiger partial charge >= 0.3 is 11.9 Å². The van der Waals surface area contributed by atoms with Crippen LogP contribution < -0.4 is 0 Å². The summed E-state index contributed by atoms with van der Waals surface area (Å²) in [4.78, 5) is 23.6. The molecular weight excluding hydrogens is 268 g/mol. The molecule has 1 aromatic rings. The summed E-state index contributed by atoms with van der Waals surface area (Å²) in [6.45, 7) is 1.66. The fourth-order valence-corrected chi connectivity index (χ4v) is 2.61. The van der Waals surface area contributed by atoms with Crippen LogP contribution in [0.25, 0.3) is 0 Å². The quantitative estimate of drug-likeness (QED) is 0.638. The lowest BCUT2D eigenvalue weighted by Gasteiger charge is -2.21. The van der Waals surface area contributed by atoms with Gasteiger partial charge in [0.25, 0.3) is 5.60 Å². The Morgan fingerprint density at radius 3 is 3.05 bits per heavy atom. The van der Waals surface area contributed by atoms with Crippen molar-refractivity contribution in [2.45, 2.75) is 31.3 Å². The van der Waals surface area contributed by atoms with Gasteiger partial charge in [0.05, 0.1) is 18.8 Å². The number of ether oxygens (including phenoxy) is 3. The van der Waals surface area contributed by atoms with Crippen molar-refractivity contribution in [1.82, 2.24) is 0 Å². The third-order valence-corrected chi connectivity index (χ3v) is 3.61. The second-order valence-electron chi connectivity index (χ2n) is 4.74. The number of aliphatic hydroxyl groups is 1. The summed E-state index contributed by atoms with van der Waals surface area (Å²) < 4.78 is 20.4. The van der Waals surface area contributed by atoms with Crippen molar-refractivity contribution >= 4 is 11.9 Å². The predicted molar refractivity (Wildman–Crippen MR) is 62.1 cm³/mol. The first kappa shape index (κ1) is 13.1. The van der Waals surface area contributed by atoms with E-state index >= 15 is 0 Å². The van der Waals surface area contributed by atoms with Crippen molar-refractivity contribution in [3.63, 3.8) is 0 Å². The number of carbonyl (C=O) groups is 2. The molecule has 20 heavy (non-hydrogen) atoms. The molecule has 2 unspecified atom stereocenters. The minimum absolute atomic E-state index is 0.0638. The monoisotopic (exact) mass is 282 g/mol. The predicted octanol–water partition coefficient (Wildman–Crippen LogP) is 0.534. The van der Waals surface area contributed by atoms with Gasteiger partial charge in [0.1, 0.15) is 11.9 Å². The fourth-order valence-electron chi connectivity index (χ4n) is 2.61. The molecule has 0 saturated carbocycles. The first-order valence-electron chi connectivity index (χ1n) is 6.37. The van der Waals surface area contributed by atoms with Crippen LogP contribution in [-0.4, -0.2) is 35.5 Å². The summed E-state index contributed by atoms with van der Waals surface area (Å²) in [5, 5.41) is 10.4. The molecule has 0 radical (unpaired) electrons. The third-order valence-electron chi connectivity index (χ3n) is 3.61. The summed E-state index contributed by atoms with van der Waals surface area (Å²) >= 11 is 0. The zero-order valence-corrected chi connectivity index (χ0v) is 10.8. The standard InChI is InChI=1S/C13H14O7/c1-2-17-11(14)13(16)7-6-9(8-4-3-5-18-8)19-10(7)20-12(13)15/h3-5,7,9-10,16H,2,6H2,1H3/t7?,9-,10?,13-/m1/s1. The first-order chi connectivity index (χ1) is 9.57. The van der Waals surface area contributed by atoms with Gasteiger partial charge in [-0.05, 0) is 25.5 Å². The van der Waals surface area contributed by atoms with Gasteiger partial charge in [0.15, 0.2) is 0 Å². The Labute approximate surface area is 114 Å². The van der Waals surface area contributed by atoms with E-state index in [0.29, 0.717) is 5.76 Å². The Kier molecular flexibility index (Phi) is 3.02. The van der Waals surface area contributed by atoms with Crippen molar-refractivity contribution in [2.24, 2.45) is 5.92 Å². The molecule has 0 bridgehead atoms. The van der Waals surface area contributed by atoms with Crippen LogP contribution in [-0.2, 0) is 23.8 Å². The molecule has 7 nitrogen and oxygen atoms in total. The van der Waals surface area contributed by atoms with Crippen molar-refractivity contribution in [1.29, 1.82) is 0 Å². The van der Waals surface area contributed by atoms with E-state index in [1.165, 1.54) is 6.26 Å². The Morgan fingerprint density at radius 2 is 2.40 bits per heavy atom. The maximum atomic E-state index is 11.9. The molecule has 3 rings (SSSR count). The van der Waals surface area contributed by atoms with E-state index in [-0.39, 0.29) is 13.0 Å². The number of furan rings is 1. The molecule has 2 aliphatic heterocycles. The highest BCUT2D eigenvalue weighted by Crippen LogP contribution is 2.47. The Balaban J connectivity index is 1.84. The molecule has 1 N–H and O–H groups in total. The number of esters is 2. The Morgan fingerprint density at radius 1 is 1.60 bits per heavy atom. The van der Waals surface area contributed by atoms with Crippen LogP contribution in [0, 0.1) is 5.92 Å². The zero-order valence-electron chi connectivity index (χ0n) is 10.8. The number of fused-ring (bicyclic) bond motifs is 1. The maximum Gasteiger partial charge on any atom is 0.352 e. The Bertz CT molecular complexity index is 523. The van der Waals surface area contributed by atoms with Crippen molar-refractivity contribution in [3.05, 3.63) is 24.2 Å². The topological polar surface area (TPSA) is 95.2 Å². The van der Waals surface area contributed by atoms with Gasteiger partial charge in [-0.25, -0.2) is 9.59 Å². The lowest BCUT2D eigenvalue weighted by Crippen LogP contribution is -2.50. The highest BCUT2D eigenvalue weighted by molar-refractivity contribution is 6.05. The minimum atomic E-state index is -2.30. The summed E-state index contributed by atoms with van der Waals surface area (Å²) in [5.41, 5.74) is -2.30. The zero-order chi connectivity index (χ0) is 14.3. The first-order valence-corrected chi connectivity index (χ1v) is 6.37. The molecule has 4 atom stereocenters. The van der Waals surface area contributed by atoms with Gasteiger partial charge in [-0.3, -0.25) is 0 Å². The molecule has 108 valence electrons. The van der Waals surface area contributed by atoms with Gasteiger partial charge in [0.2, 0.25) is 6.29 Å². The van der Waals surface area contributed by atoms with Crippen LogP contribution in [0.4, 0.5) is 0 Å². The SMILES string of the molecule is CCOC(=O)[C@@]1(O)C(=O)OC2O[C@@H](c3ccco3)CC21. The van der Waals surface area contributed by atoms with E-state index in [9.17, 15) is 14.7 Å². The highest BCUT2D eigenvalue weighted by atomic mass is 16.7. The van der Waals surface area contributed by atoms with Crippen LogP contribution in [0.3, 0.4) is 0 Å². The van der Waals surface area contributed by atoms with E-state index in [1.54, 1.807) is 19.1 Å². The molecule has 1 aromatic heterocycles. The van der Waals surface area contributed by atoms with Crippen LogP contribution in [0.5, 0.6) is 0 Å². The number of hydrogen-bond acceptors (Lipinski definition) is 7. The summed E-state index contributed by atoms with van der Waals surface area (Å²) in [6.07, 6.45) is 0.302. The molecule has 2 saturated heterocycles. The fraction of sp³-hybridized carbons (Fsp3) is 0.538. The largest absolute Gasteiger partial charge is 0.467 e. The lowest BCUT2D eigenvalue weighted by molar-refractivity contribution is -0.181. The molecule has 2 fully saturated rings. The van der Waals surface area contributed by atoms with Crippen molar-refractivity contribution in [3.8, 4) is 0 Å². The average molecular weight is 282 g/mol.